The molecule has 0 amide bonds. The number of aromatic nitrogens is 1. The summed E-state index contributed by atoms with van der Waals surface area (Å²) in [7, 11) is -2.82. The molecule has 19 heavy (non-hydrogen) atoms. The highest BCUT2D eigenvalue weighted by atomic mass is 32.2. The molecule has 0 unspecified atom stereocenters. The average molecular weight is 303 g/mol. The van der Waals surface area contributed by atoms with Gasteiger partial charge >= 0.3 is 0 Å². The van der Waals surface area contributed by atoms with E-state index in [0.717, 1.165) is 50.0 Å². The van der Waals surface area contributed by atoms with Crippen molar-refractivity contribution in [2.45, 2.75) is 13.3 Å². The zero-order chi connectivity index (χ0) is 13.9. The van der Waals surface area contributed by atoms with Crippen LogP contribution in [0.4, 0.5) is 5.13 Å². The van der Waals surface area contributed by atoms with E-state index in [9.17, 15) is 8.42 Å². The van der Waals surface area contributed by atoms with Crippen LogP contribution in [-0.2, 0) is 9.84 Å². The molecule has 1 aromatic rings. The van der Waals surface area contributed by atoms with E-state index in [1.807, 2.05) is 6.92 Å². The van der Waals surface area contributed by atoms with Crippen molar-refractivity contribution < 1.29 is 8.42 Å². The van der Waals surface area contributed by atoms with Crippen LogP contribution in [0.15, 0.2) is 5.38 Å². The van der Waals surface area contributed by atoms with Crippen LogP contribution in [-0.4, -0.2) is 63.0 Å². The number of anilines is 1. The second kappa shape index (κ2) is 6.19. The lowest BCUT2D eigenvalue weighted by Gasteiger charge is -2.34. The van der Waals surface area contributed by atoms with Gasteiger partial charge in [-0.2, -0.15) is 0 Å². The molecule has 0 saturated carbocycles. The number of nitrogens with zero attached hydrogens (tertiary/aromatic N) is 3. The summed E-state index contributed by atoms with van der Waals surface area (Å²) >= 11 is 1.70. The van der Waals surface area contributed by atoms with Crippen LogP contribution in [0.1, 0.15) is 12.1 Å². The topological polar surface area (TPSA) is 53.5 Å². The van der Waals surface area contributed by atoms with Gasteiger partial charge in [0, 0.05) is 37.8 Å². The third-order valence-electron chi connectivity index (χ3n) is 3.24. The standard InChI is InChI=1S/C12H21N3O2S2/c1-11-10-18-12(13-11)15-7-5-14(6-8-15)4-3-9-19(2,16)17/h10H,3-9H2,1-2H3. The maximum atomic E-state index is 11.1. The molecule has 0 atom stereocenters. The van der Waals surface area contributed by atoms with Gasteiger partial charge in [-0.1, -0.05) is 0 Å². The highest BCUT2D eigenvalue weighted by Crippen LogP contribution is 2.21. The van der Waals surface area contributed by atoms with Gasteiger partial charge < -0.3 is 4.90 Å². The molecule has 1 aromatic heterocycles. The fourth-order valence-electron chi connectivity index (χ4n) is 2.20. The van der Waals surface area contributed by atoms with Gasteiger partial charge in [0.05, 0.1) is 11.4 Å². The molecule has 0 aromatic carbocycles. The number of hydrogen-bond donors (Lipinski definition) is 0. The monoisotopic (exact) mass is 303 g/mol. The predicted molar refractivity (Wildman–Crippen MR) is 79.8 cm³/mol. The van der Waals surface area contributed by atoms with Gasteiger partial charge in [-0.05, 0) is 19.9 Å². The van der Waals surface area contributed by atoms with Gasteiger partial charge in [0.2, 0.25) is 0 Å². The number of hydrogen-bond acceptors (Lipinski definition) is 6. The number of sulfone groups is 1. The van der Waals surface area contributed by atoms with Crippen LogP contribution in [0.25, 0.3) is 0 Å². The molecule has 1 saturated heterocycles. The van der Waals surface area contributed by atoms with Gasteiger partial charge in [-0.25, -0.2) is 13.4 Å². The van der Waals surface area contributed by atoms with Crippen LogP contribution in [0.2, 0.25) is 0 Å². The first-order valence-corrected chi connectivity index (χ1v) is 9.45. The summed E-state index contributed by atoms with van der Waals surface area (Å²) in [5, 5.41) is 3.18. The van der Waals surface area contributed by atoms with Crippen molar-refractivity contribution in [3.8, 4) is 0 Å². The Balaban J connectivity index is 1.73. The smallest absolute Gasteiger partial charge is 0.185 e. The fourth-order valence-corrected chi connectivity index (χ4v) is 3.71. The normalized spacial score (nSPS) is 17.9. The van der Waals surface area contributed by atoms with E-state index < -0.39 is 9.84 Å². The minimum absolute atomic E-state index is 0.291. The maximum Gasteiger partial charge on any atom is 0.185 e. The molecule has 108 valence electrons. The molecule has 0 radical (unpaired) electrons. The SMILES string of the molecule is Cc1csc(N2CCN(CCCS(C)(=O)=O)CC2)n1. The van der Waals surface area contributed by atoms with Crippen LogP contribution in [0.5, 0.6) is 0 Å². The molecule has 2 rings (SSSR count). The molecule has 7 heteroatoms. The quantitative estimate of drug-likeness (QED) is 0.812. The van der Waals surface area contributed by atoms with Crippen LogP contribution in [0, 0.1) is 6.92 Å². The van der Waals surface area contributed by atoms with E-state index in [4.69, 9.17) is 0 Å². The van der Waals surface area contributed by atoms with Crippen molar-refractivity contribution in [3.05, 3.63) is 11.1 Å². The van der Waals surface area contributed by atoms with E-state index in [-0.39, 0.29) is 0 Å². The van der Waals surface area contributed by atoms with E-state index in [0.29, 0.717) is 5.75 Å². The number of aryl methyl sites for hydroxylation is 1. The Kier molecular flexibility index (Phi) is 4.81. The van der Waals surface area contributed by atoms with Crippen molar-refractivity contribution in [1.29, 1.82) is 0 Å². The lowest BCUT2D eigenvalue weighted by atomic mass is 10.3. The summed E-state index contributed by atoms with van der Waals surface area (Å²) in [4.78, 5) is 9.15. The second-order valence-electron chi connectivity index (χ2n) is 5.08. The first kappa shape index (κ1) is 14.7. The van der Waals surface area contributed by atoms with Crippen LogP contribution >= 0.6 is 11.3 Å². The Morgan fingerprint density at radius 2 is 2.00 bits per heavy atom. The molecule has 1 aliphatic heterocycles. The maximum absolute atomic E-state index is 11.1. The predicted octanol–water partition coefficient (Wildman–Crippen LogP) is 1.01. The Labute approximate surface area is 119 Å². The van der Waals surface area contributed by atoms with E-state index in [2.05, 4.69) is 20.2 Å². The van der Waals surface area contributed by atoms with Crippen molar-refractivity contribution in [1.82, 2.24) is 9.88 Å². The third kappa shape index (κ3) is 4.74. The molecule has 1 fully saturated rings. The summed E-state index contributed by atoms with van der Waals surface area (Å²) in [5.41, 5.74) is 1.08. The molecule has 1 aliphatic rings. The number of piperazine rings is 1. The minimum Gasteiger partial charge on any atom is -0.346 e. The van der Waals surface area contributed by atoms with Gasteiger partial charge in [0.25, 0.3) is 0 Å². The summed E-state index contributed by atoms with van der Waals surface area (Å²) in [6.07, 6.45) is 2.03. The minimum atomic E-state index is -2.82. The summed E-state index contributed by atoms with van der Waals surface area (Å²) in [6, 6.07) is 0. The molecular weight excluding hydrogens is 282 g/mol. The Morgan fingerprint density at radius 3 is 2.53 bits per heavy atom. The highest BCUT2D eigenvalue weighted by Gasteiger charge is 2.18. The molecular formula is C12H21N3O2S2. The summed E-state index contributed by atoms with van der Waals surface area (Å²) < 4.78 is 22.2. The molecule has 0 aliphatic carbocycles. The van der Waals surface area contributed by atoms with E-state index >= 15 is 0 Å². The molecule has 0 N–H and O–H groups in total. The Hall–Kier alpha value is -0.660. The molecule has 0 bridgehead atoms. The number of thiazole rings is 1. The van der Waals surface area contributed by atoms with Crippen molar-refractivity contribution in [3.63, 3.8) is 0 Å². The van der Waals surface area contributed by atoms with Crippen molar-refractivity contribution >= 4 is 26.3 Å². The average Bonchev–Trinajstić information content (AvgIpc) is 2.75. The Morgan fingerprint density at radius 1 is 1.32 bits per heavy atom. The third-order valence-corrected chi connectivity index (χ3v) is 5.29. The van der Waals surface area contributed by atoms with E-state index in [1.54, 1.807) is 11.3 Å². The van der Waals surface area contributed by atoms with Gasteiger partial charge in [-0.3, -0.25) is 4.90 Å². The first-order chi connectivity index (χ1) is 8.94. The van der Waals surface area contributed by atoms with Gasteiger partial charge in [-0.15, -0.1) is 11.3 Å². The molecule has 5 nitrogen and oxygen atoms in total. The first-order valence-electron chi connectivity index (χ1n) is 6.51. The van der Waals surface area contributed by atoms with Crippen molar-refractivity contribution in [2.75, 3.05) is 49.6 Å². The lowest BCUT2D eigenvalue weighted by molar-refractivity contribution is 0.258. The van der Waals surface area contributed by atoms with Crippen LogP contribution < -0.4 is 4.90 Å². The zero-order valence-corrected chi connectivity index (χ0v) is 13.1. The largest absolute Gasteiger partial charge is 0.346 e. The zero-order valence-electron chi connectivity index (χ0n) is 11.5. The molecule has 2 heterocycles. The summed E-state index contributed by atoms with van der Waals surface area (Å²) in [6.45, 7) is 6.82. The second-order valence-corrected chi connectivity index (χ2v) is 8.18. The van der Waals surface area contributed by atoms with Crippen LogP contribution in [0.3, 0.4) is 0 Å². The summed E-state index contributed by atoms with van der Waals surface area (Å²) in [5.74, 6) is 0.291. The van der Waals surface area contributed by atoms with Gasteiger partial charge in [0.15, 0.2) is 5.13 Å². The Bertz CT molecular complexity index is 505. The number of rotatable bonds is 5. The lowest BCUT2D eigenvalue weighted by Crippen LogP contribution is -2.46. The van der Waals surface area contributed by atoms with E-state index in [1.165, 1.54) is 6.26 Å². The molecule has 0 spiro atoms. The van der Waals surface area contributed by atoms with Gasteiger partial charge in [0.1, 0.15) is 9.84 Å². The van der Waals surface area contributed by atoms with Crippen molar-refractivity contribution in [2.24, 2.45) is 0 Å². The highest BCUT2D eigenvalue weighted by molar-refractivity contribution is 7.90. The fraction of sp³-hybridized carbons (Fsp3) is 0.750.